The van der Waals surface area contributed by atoms with Crippen LogP contribution in [0, 0.1) is 5.92 Å². The molecule has 112 valence electrons. The third-order valence-electron chi connectivity index (χ3n) is 4.82. The van der Waals surface area contributed by atoms with Gasteiger partial charge in [0.2, 0.25) is 0 Å². The highest BCUT2D eigenvalue weighted by atomic mass is 35.5. The molecule has 21 heavy (non-hydrogen) atoms. The summed E-state index contributed by atoms with van der Waals surface area (Å²) in [6.07, 6.45) is 6.77. The maximum absolute atomic E-state index is 6.27. The van der Waals surface area contributed by atoms with Crippen LogP contribution in [0.15, 0.2) is 36.5 Å². The van der Waals surface area contributed by atoms with E-state index in [-0.39, 0.29) is 5.54 Å². The van der Waals surface area contributed by atoms with Gasteiger partial charge < -0.3 is 5.32 Å². The van der Waals surface area contributed by atoms with Gasteiger partial charge in [0, 0.05) is 29.5 Å². The van der Waals surface area contributed by atoms with E-state index in [9.17, 15) is 0 Å². The summed E-state index contributed by atoms with van der Waals surface area (Å²) < 4.78 is 0. The first kappa shape index (κ1) is 14.8. The van der Waals surface area contributed by atoms with Crippen LogP contribution in [0.25, 0.3) is 10.9 Å². The highest BCUT2D eigenvalue weighted by Crippen LogP contribution is 2.33. The molecule has 1 aromatic carbocycles. The number of hydrogen-bond acceptors (Lipinski definition) is 2. The van der Waals surface area contributed by atoms with Crippen molar-refractivity contribution < 1.29 is 0 Å². The van der Waals surface area contributed by atoms with Gasteiger partial charge in [0.15, 0.2) is 0 Å². The second-order valence-corrected chi connectivity index (χ2v) is 6.75. The van der Waals surface area contributed by atoms with Gasteiger partial charge in [0.25, 0.3) is 0 Å². The zero-order chi connectivity index (χ0) is 14.7. The number of benzene rings is 1. The summed E-state index contributed by atoms with van der Waals surface area (Å²) in [5.74, 6) is 1.55. The van der Waals surface area contributed by atoms with E-state index in [1.807, 2.05) is 12.3 Å². The van der Waals surface area contributed by atoms with Gasteiger partial charge in [-0.25, -0.2) is 0 Å². The summed E-state index contributed by atoms with van der Waals surface area (Å²) >= 11 is 6.27. The molecule has 0 unspecified atom stereocenters. The van der Waals surface area contributed by atoms with Gasteiger partial charge in [-0.05, 0) is 55.4 Å². The number of rotatable bonds is 4. The van der Waals surface area contributed by atoms with Gasteiger partial charge in [-0.3, -0.25) is 4.98 Å². The molecule has 1 N–H and O–H groups in total. The van der Waals surface area contributed by atoms with E-state index < -0.39 is 0 Å². The molecular formula is C18H23ClN2. The van der Waals surface area contributed by atoms with Crippen molar-refractivity contribution in [2.45, 2.75) is 44.7 Å². The van der Waals surface area contributed by atoms with E-state index in [1.54, 1.807) is 0 Å². The SMILES string of the molecule is CC1CCC(CCl)(NCc2ccc3ncccc3c2)CC1. The monoisotopic (exact) mass is 302 g/mol. The van der Waals surface area contributed by atoms with Gasteiger partial charge in [0.1, 0.15) is 0 Å². The molecule has 1 heterocycles. The average Bonchev–Trinajstić information content (AvgIpc) is 2.55. The van der Waals surface area contributed by atoms with Crippen molar-refractivity contribution in [3.05, 3.63) is 42.1 Å². The molecule has 0 atom stereocenters. The van der Waals surface area contributed by atoms with Crippen molar-refractivity contribution >= 4 is 22.5 Å². The van der Waals surface area contributed by atoms with Crippen molar-refractivity contribution in [1.82, 2.24) is 10.3 Å². The molecule has 0 saturated heterocycles. The van der Waals surface area contributed by atoms with E-state index in [0.29, 0.717) is 5.88 Å². The molecule has 0 bridgehead atoms. The number of nitrogens with one attached hydrogen (secondary N) is 1. The van der Waals surface area contributed by atoms with Crippen molar-refractivity contribution in [3.63, 3.8) is 0 Å². The molecule has 0 amide bonds. The standard InChI is InChI=1S/C18H23ClN2/c1-14-6-8-18(13-19,9-7-14)21-12-15-4-5-17-16(11-15)3-2-10-20-17/h2-5,10-11,14,21H,6-9,12-13H2,1H3. The highest BCUT2D eigenvalue weighted by molar-refractivity contribution is 6.18. The second kappa shape index (κ2) is 6.33. The lowest BCUT2D eigenvalue weighted by atomic mass is 9.78. The Morgan fingerprint density at radius 1 is 1.29 bits per heavy atom. The number of pyridine rings is 1. The van der Waals surface area contributed by atoms with E-state index >= 15 is 0 Å². The normalized spacial score (nSPS) is 26.1. The molecule has 3 heteroatoms. The van der Waals surface area contributed by atoms with Gasteiger partial charge >= 0.3 is 0 Å². The first-order valence-electron chi connectivity index (χ1n) is 7.85. The molecule has 1 aliphatic carbocycles. The number of hydrogen-bond donors (Lipinski definition) is 1. The zero-order valence-electron chi connectivity index (χ0n) is 12.6. The van der Waals surface area contributed by atoms with E-state index in [4.69, 9.17) is 11.6 Å². The second-order valence-electron chi connectivity index (χ2n) is 6.48. The van der Waals surface area contributed by atoms with Crippen LogP contribution in [0.4, 0.5) is 0 Å². The molecule has 1 fully saturated rings. The van der Waals surface area contributed by atoms with Crippen molar-refractivity contribution in [1.29, 1.82) is 0 Å². The molecule has 0 aliphatic heterocycles. The predicted molar refractivity (Wildman–Crippen MR) is 89.7 cm³/mol. The Morgan fingerprint density at radius 2 is 2.10 bits per heavy atom. The van der Waals surface area contributed by atoms with Crippen molar-refractivity contribution in [3.8, 4) is 0 Å². The maximum Gasteiger partial charge on any atom is 0.0702 e. The Kier molecular flexibility index (Phi) is 4.46. The van der Waals surface area contributed by atoms with Crippen LogP contribution in [-0.4, -0.2) is 16.4 Å². The minimum Gasteiger partial charge on any atom is -0.306 e. The number of fused-ring (bicyclic) bond motifs is 1. The van der Waals surface area contributed by atoms with Crippen molar-refractivity contribution in [2.24, 2.45) is 5.92 Å². The Labute approximate surface area is 131 Å². The highest BCUT2D eigenvalue weighted by Gasteiger charge is 2.32. The smallest absolute Gasteiger partial charge is 0.0702 e. The van der Waals surface area contributed by atoms with E-state index in [0.717, 1.165) is 18.0 Å². The van der Waals surface area contributed by atoms with Crippen LogP contribution in [0.2, 0.25) is 0 Å². The van der Waals surface area contributed by atoms with Crippen LogP contribution in [0.1, 0.15) is 38.2 Å². The van der Waals surface area contributed by atoms with Crippen LogP contribution < -0.4 is 5.32 Å². The van der Waals surface area contributed by atoms with Crippen LogP contribution in [-0.2, 0) is 6.54 Å². The molecule has 3 rings (SSSR count). The quantitative estimate of drug-likeness (QED) is 0.840. The molecule has 1 saturated carbocycles. The largest absolute Gasteiger partial charge is 0.306 e. The molecule has 0 spiro atoms. The first-order valence-corrected chi connectivity index (χ1v) is 8.39. The van der Waals surface area contributed by atoms with Crippen LogP contribution >= 0.6 is 11.6 Å². The minimum absolute atomic E-state index is 0.123. The van der Waals surface area contributed by atoms with E-state index in [2.05, 4.69) is 41.5 Å². The molecule has 1 aromatic heterocycles. The Morgan fingerprint density at radius 3 is 2.86 bits per heavy atom. The summed E-state index contributed by atoms with van der Waals surface area (Å²) in [6, 6.07) is 10.6. The third kappa shape index (κ3) is 3.38. The lowest BCUT2D eigenvalue weighted by Gasteiger charge is -2.39. The van der Waals surface area contributed by atoms with Gasteiger partial charge in [-0.1, -0.05) is 19.1 Å². The average molecular weight is 303 g/mol. The predicted octanol–water partition coefficient (Wildman–Crippen LogP) is 4.51. The Hall–Kier alpha value is -1.12. The van der Waals surface area contributed by atoms with E-state index in [1.165, 1.54) is 36.6 Å². The summed E-state index contributed by atoms with van der Waals surface area (Å²) in [5, 5.41) is 4.94. The van der Waals surface area contributed by atoms with Gasteiger partial charge in [-0.2, -0.15) is 0 Å². The summed E-state index contributed by atoms with van der Waals surface area (Å²) in [7, 11) is 0. The van der Waals surface area contributed by atoms with Crippen LogP contribution in [0.5, 0.6) is 0 Å². The lowest BCUT2D eigenvalue weighted by Crippen LogP contribution is -2.49. The van der Waals surface area contributed by atoms with Gasteiger partial charge in [-0.15, -0.1) is 11.6 Å². The topological polar surface area (TPSA) is 24.9 Å². The number of aromatic nitrogens is 1. The summed E-state index contributed by atoms with van der Waals surface area (Å²) in [6.45, 7) is 3.22. The number of nitrogens with zero attached hydrogens (tertiary/aromatic N) is 1. The molecule has 2 aromatic rings. The molecular weight excluding hydrogens is 280 g/mol. The fourth-order valence-electron chi connectivity index (χ4n) is 3.20. The Balaban J connectivity index is 1.70. The fraction of sp³-hybridized carbons (Fsp3) is 0.500. The third-order valence-corrected chi connectivity index (χ3v) is 5.33. The maximum atomic E-state index is 6.27. The Bertz CT molecular complexity index is 603. The van der Waals surface area contributed by atoms with Crippen molar-refractivity contribution in [2.75, 3.05) is 5.88 Å². The zero-order valence-corrected chi connectivity index (χ0v) is 13.4. The molecule has 0 radical (unpaired) electrons. The molecule has 2 nitrogen and oxygen atoms in total. The lowest BCUT2D eigenvalue weighted by molar-refractivity contribution is 0.216. The minimum atomic E-state index is 0.123. The molecule has 1 aliphatic rings. The fourth-order valence-corrected chi connectivity index (χ4v) is 3.56. The first-order chi connectivity index (χ1) is 10.2. The van der Waals surface area contributed by atoms with Gasteiger partial charge in [0.05, 0.1) is 5.52 Å². The van der Waals surface area contributed by atoms with Crippen LogP contribution in [0.3, 0.4) is 0 Å². The summed E-state index contributed by atoms with van der Waals surface area (Å²) in [4.78, 5) is 4.37. The number of alkyl halides is 1. The summed E-state index contributed by atoms with van der Waals surface area (Å²) in [5.41, 5.74) is 2.48. The number of halogens is 1.